The molecule has 3 nitrogen and oxygen atoms in total. The van der Waals surface area contributed by atoms with Crippen LogP contribution in [-0.4, -0.2) is 39.8 Å². The van der Waals surface area contributed by atoms with Gasteiger partial charge in [-0.3, -0.25) is 5.10 Å². The summed E-state index contributed by atoms with van der Waals surface area (Å²) in [6.07, 6.45) is 0. The summed E-state index contributed by atoms with van der Waals surface area (Å²) >= 11 is 5.92. The van der Waals surface area contributed by atoms with Crippen molar-refractivity contribution in [2.45, 2.75) is 0 Å². The third-order valence-corrected chi connectivity index (χ3v) is 1.37. The molecule has 0 unspecified atom stereocenters. The van der Waals surface area contributed by atoms with E-state index in [0.29, 0.717) is 9.09 Å². The van der Waals surface area contributed by atoms with Crippen molar-refractivity contribution in [2.24, 2.45) is 0 Å². The number of anilines is 1. The summed E-state index contributed by atoms with van der Waals surface area (Å²) in [5.74, 6) is 0. The summed E-state index contributed by atoms with van der Waals surface area (Å²) in [5, 5.41) is 6.60. The molecule has 0 spiro atoms. The first-order valence-electron chi connectivity index (χ1n) is 1.60. The standard InChI is InChI=1S/C2H3N3S2.Na/c3-1-4-5-2(6)7-1;/h(H2,3,4)(H,5,6);. The molecule has 0 bridgehead atoms. The van der Waals surface area contributed by atoms with Crippen molar-refractivity contribution in [1.82, 2.24) is 10.2 Å². The summed E-state index contributed by atoms with van der Waals surface area (Å²) in [5.41, 5.74) is 5.19. The predicted octanol–water partition coefficient (Wildman–Crippen LogP) is 0.402. The molecule has 0 amide bonds. The van der Waals surface area contributed by atoms with E-state index in [1.54, 1.807) is 0 Å². The number of nitrogens with two attached hydrogens (primary N) is 1. The molecule has 6 heteroatoms. The van der Waals surface area contributed by atoms with E-state index >= 15 is 0 Å². The van der Waals surface area contributed by atoms with E-state index < -0.39 is 0 Å². The van der Waals surface area contributed by atoms with Crippen molar-refractivity contribution in [1.29, 1.82) is 0 Å². The van der Waals surface area contributed by atoms with Crippen LogP contribution in [0, 0.1) is 3.95 Å². The first-order valence-corrected chi connectivity index (χ1v) is 2.82. The van der Waals surface area contributed by atoms with Gasteiger partial charge in [0.2, 0.25) is 5.13 Å². The van der Waals surface area contributed by atoms with Gasteiger partial charge < -0.3 is 5.73 Å². The molecule has 0 saturated carbocycles. The Balaban J connectivity index is 0.000000490. The van der Waals surface area contributed by atoms with Gasteiger partial charge in [-0.15, -0.1) is 5.10 Å². The van der Waals surface area contributed by atoms with Crippen LogP contribution in [0.1, 0.15) is 0 Å². The SMILES string of the molecule is Nc1n[nH]c(=S)s1.[Na]. The van der Waals surface area contributed by atoms with Crippen LogP contribution in [0.4, 0.5) is 5.13 Å². The summed E-state index contributed by atoms with van der Waals surface area (Å²) in [6.45, 7) is 0. The van der Waals surface area contributed by atoms with Crippen LogP contribution < -0.4 is 5.73 Å². The van der Waals surface area contributed by atoms with Gasteiger partial charge in [0.15, 0.2) is 3.95 Å². The number of rotatable bonds is 0. The van der Waals surface area contributed by atoms with Crippen LogP contribution in [0.25, 0.3) is 0 Å². The van der Waals surface area contributed by atoms with E-state index in [9.17, 15) is 0 Å². The fourth-order valence-electron chi connectivity index (χ4n) is 0.241. The molecule has 39 valence electrons. The van der Waals surface area contributed by atoms with Crippen LogP contribution in [0.3, 0.4) is 0 Å². The predicted molar refractivity (Wildman–Crippen MR) is 37.5 cm³/mol. The average Bonchev–Trinajstić information content (AvgIpc) is 1.87. The number of H-pyrrole nitrogens is 1. The van der Waals surface area contributed by atoms with Crippen molar-refractivity contribution in [3.63, 3.8) is 0 Å². The van der Waals surface area contributed by atoms with Crippen molar-refractivity contribution in [3.8, 4) is 0 Å². The number of nitrogens with zero attached hydrogens (tertiary/aromatic N) is 1. The molecule has 1 heterocycles. The van der Waals surface area contributed by atoms with Crippen LogP contribution >= 0.6 is 23.6 Å². The maximum atomic E-state index is 5.19. The zero-order chi connectivity index (χ0) is 5.28. The Morgan fingerprint density at radius 2 is 2.38 bits per heavy atom. The van der Waals surface area contributed by atoms with Gasteiger partial charge in [0, 0.05) is 29.6 Å². The minimum absolute atomic E-state index is 0. The molecule has 1 aromatic rings. The van der Waals surface area contributed by atoms with Crippen LogP contribution in [0.5, 0.6) is 0 Å². The molecule has 1 radical (unpaired) electrons. The van der Waals surface area contributed by atoms with E-state index in [-0.39, 0.29) is 29.6 Å². The van der Waals surface area contributed by atoms with Gasteiger partial charge in [-0.05, 0) is 12.2 Å². The minimum Gasteiger partial charge on any atom is -0.374 e. The normalized spacial score (nSPS) is 8.00. The summed E-state index contributed by atoms with van der Waals surface area (Å²) in [7, 11) is 0. The second-order valence-corrected chi connectivity index (χ2v) is 2.65. The third-order valence-electron chi connectivity index (χ3n) is 0.455. The maximum absolute atomic E-state index is 5.19. The monoisotopic (exact) mass is 156 g/mol. The van der Waals surface area contributed by atoms with Gasteiger partial charge in [0.05, 0.1) is 0 Å². The number of hydrogen-bond acceptors (Lipinski definition) is 4. The number of nitrogens with one attached hydrogen (secondary N) is 1. The number of aromatic nitrogens is 2. The van der Waals surface area contributed by atoms with Crippen LogP contribution in [0.2, 0.25) is 0 Å². The van der Waals surface area contributed by atoms with Gasteiger partial charge in [-0.2, -0.15) is 0 Å². The molecular formula is C2H3N3NaS2. The van der Waals surface area contributed by atoms with Gasteiger partial charge in [0.25, 0.3) is 0 Å². The van der Waals surface area contributed by atoms with Crippen molar-refractivity contribution in [3.05, 3.63) is 3.95 Å². The van der Waals surface area contributed by atoms with Gasteiger partial charge >= 0.3 is 0 Å². The summed E-state index contributed by atoms with van der Waals surface area (Å²) < 4.78 is 0.623. The second kappa shape index (κ2) is 3.58. The van der Waals surface area contributed by atoms with Crippen molar-refractivity contribution in [2.75, 3.05) is 5.73 Å². The Hall–Kier alpha value is 0.580. The zero-order valence-corrected chi connectivity index (χ0v) is 7.97. The van der Waals surface area contributed by atoms with Crippen molar-refractivity contribution >= 4 is 58.2 Å². The second-order valence-electron chi connectivity index (χ2n) is 0.951. The van der Waals surface area contributed by atoms with Crippen LogP contribution in [-0.2, 0) is 0 Å². The molecule has 0 aliphatic carbocycles. The number of aromatic amines is 1. The molecule has 0 atom stereocenters. The smallest absolute Gasteiger partial charge is 0.201 e. The minimum atomic E-state index is 0. The Labute approximate surface area is 77.6 Å². The van der Waals surface area contributed by atoms with E-state index in [1.165, 1.54) is 11.3 Å². The van der Waals surface area contributed by atoms with E-state index in [1.807, 2.05) is 0 Å². The van der Waals surface area contributed by atoms with Gasteiger partial charge in [-0.1, -0.05) is 11.3 Å². The Bertz CT molecular complexity index is 203. The average molecular weight is 156 g/mol. The molecule has 0 saturated heterocycles. The third kappa shape index (κ3) is 2.23. The van der Waals surface area contributed by atoms with E-state index in [2.05, 4.69) is 22.4 Å². The van der Waals surface area contributed by atoms with Crippen molar-refractivity contribution < 1.29 is 0 Å². The molecule has 1 rings (SSSR count). The summed E-state index contributed by atoms with van der Waals surface area (Å²) in [4.78, 5) is 0. The topological polar surface area (TPSA) is 54.7 Å². The Kier molecular flexibility index (Phi) is 3.84. The molecule has 8 heavy (non-hydrogen) atoms. The number of nitrogen functional groups attached to an aromatic ring is 1. The largest absolute Gasteiger partial charge is 0.374 e. The van der Waals surface area contributed by atoms with Gasteiger partial charge in [-0.25, -0.2) is 0 Å². The molecule has 3 N–H and O–H groups in total. The molecule has 0 fully saturated rings. The first kappa shape index (κ1) is 8.58. The molecule has 0 aliphatic heterocycles. The molecule has 0 aliphatic rings. The quantitative estimate of drug-likeness (QED) is 0.422. The fourth-order valence-corrected chi connectivity index (χ4v) is 0.916. The molecule has 0 aromatic carbocycles. The Morgan fingerprint density at radius 3 is 2.50 bits per heavy atom. The zero-order valence-electron chi connectivity index (χ0n) is 4.34. The van der Waals surface area contributed by atoms with Gasteiger partial charge in [0.1, 0.15) is 0 Å². The van der Waals surface area contributed by atoms with E-state index in [4.69, 9.17) is 5.73 Å². The number of hydrogen-bond donors (Lipinski definition) is 2. The molecule has 1 aromatic heterocycles. The van der Waals surface area contributed by atoms with E-state index in [0.717, 1.165) is 0 Å². The first-order chi connectivity index (χ1) is 3.29. The van der Waals surface area contributed by atoms with Crippen LogP contribution in [0.15, 0.2) is 0 Å². The fraction of sp³-hybridized carbons (Fsp3) is 0. The molecular weight excluding hydrogens is 153 g/mol. The summed E-state index contributed by atoms with van der Waals surface area (Å²) in [6, 6.07) is 0. The Morgan fingerprint density at radius 1 is 1.75 bits per heavy atom. The maximum Gasteiger partial charge on any atom is 0.201 e.